The molecule has 21 heavy (non-hydrogen) atoms. The van der Waals surface area contributed by atoms with E-state index in [4.69, 9.17) is 0 Å². The highest BCUT2D eigenvalue weighted by Gasteiger charge is 2.15. The number of likely N-dealkylation sites (tertiary alicyclic amines) is 1. The van der Waals surface area contributed by atoms with Gasteiger partial charge in [-0.2, -0.15) is 0 Å². The van der Waals surface area contributed by atoms with Gasteiger partial charge >= 0.3 is 5.97 Å². The monoisotopic (exact) mass is 286 g/mol. The molecule has 1 aromatic carbocycles. The standard InChI is InChI=1S/C17H22N2O2/c1-12-9-16-15(10-14(12)17(20)21)13(11-18(16)2)5-8-19-6-3-4-7-19/h9-11H,3-8H2,1-2H3,(H,20,21). The van der Waals surface area contributed by atoms with Crippen LogP contribution in [0, 0.1) is 6.92 Å². The number of carbonyl (C=O) groups is 1. The lowest BCUT2D eigenvalue weighted by atomic mass is 10.0. The van der Waals surface area contributed by atoms with Gasteiger partial charge < -0.3 is 14.6 Å². The molecule has 0 saturated carbocycles. The fourth-order valence-corrected chi connectivity index (χ4v) is 3.33. The molecule has 4 nitrogen and oxygen atoms in total. The van der Waals surface area contributed by atoms with Gasteiger partial charge in [-0.15, -0.1) is 0 Å². The SMILES string of the molecule is Cc1cc2c(cc1C(=O)O)c(CCN1CCCC1)cn2C. The quantitative estimate of drug-likeness (QED) is 0.940. The van der Waals surface area contributed by atoms with Crippen molar-refractivity contribution in [2.24, 2.45) is 7.05 Å². The van der Waals surface area contributed by atoms with E-state index in [0.29, 0.717) is 5.56 Å². The Kier molecular flexibility index (Phi) is 3.72. The summed E-state index contributed by atoms with van der Waals surface area (Å²) in [6.07, 6.45) is 5.74. The van der Waals surface area contributed by atoms with Crippen molar-refractivity contribution in [1.29, 1.82) is 0 Å². The first-order chi connectivity index (χ1) is 10.1. The van der Waals surface area contributed by atoms with Crippen molar-refractivity contribution in [3.05, 3.63) is 35.0 Å². The average Bonchev–Trinajstić information content (AvgIpc) is 3.04. The molecule has 0 bridgehead atoms. The summed E-state index contributed by atoms with van der Waals surface area (Å²) < 4.78 is 2.10. The van der Waals surface area contributed by atoms with E-state index >= 15 is 0 Å². The molecule has 2 aromatic rings. The number of aromatic nitrogens is 1. The first-order valence-corrected chi connectivity index (χ1v) is 7.60. The van der Waals surface area contributed by atoms with E-state index in [-0.39, 0.29) is 0 Å². The molecule has 1 fully saturated rings. The summed E-state index contributed by atoms with van der Waals surface area (Å²) in [6, 6.07) is 3.82. The van der Waals surface area contributed by atoms with Gasteiger partial charge in [0.05, 0.1) is 5.56 Å². The van der Waals surface area contributed by atoms with Crippen LogP contribution in [0.4, 0.5) is 0 Å². The summed E-state index contributed by atoms with van der Waals surface area (Å²) >= 11 is 0. The molecule has 1 aliphatic rings. The number of aryl methyl sites for hydroxylation is 2. The van der Waals surface area contributed by atoms with Gasteiger partial charge in [0.1, 0.15) is 0 Å². The van der Waals surface area contributed by atoms with Gasteiger partial charge in [0.2, 0.25) is 0 Å². The van der Waals surface area contributed by atoms with Crippen molar-refractivity contribution < 1.29 is 9.90 Å². The number of carboxylic acids is 1. The number of hydrogen-bond acceptors (Lipinski definition) is 2. The molecule has 0 amide bonds. The van der Waals surface area contributed by atoms with Crippen LogP contribution in [-0.4, -0.2) is 40.2 Å². The highest BCUT2D eigenvalue weighted by atomic mass is 16.4. The molecule has 1 aliphatic heterocycles. The molecule has 1 aromatic heterocycles. The minimum Gasteiger partial charge on any atom is -0.478 e. The van der Waals surface area contributed by atoms with E-state index in [1.165, 1.54) is 31.5 Å². The largest absolute Gasteiger partial charge is 0.478 e. The van der Waals surface area contributed by atoms with Gasteiger partial charge in [0, 0.05) is 30.7 Å². The van der Waals surface area contributed by atoms with Crippen molar-refractivity contribution in [1.82, 2.24) is 9.47 Å². The van der Waals surface area contributed by atoms with Crippen LogP contribution in [0.1, 0.15) is 34.3 Å². The van der Waals surface area contributed by atoms with Gasteiger partial charge in [-0.05, 0) is 62.5 Å². The average molecular weight is 286 g/mol. The second-order valence-electron chi connectivity index (χ2n) is 6.05. The van der Waals surface area contributed by atoms with Crippen LogP contribution in [0.3, 0.4) is 0 Å². The maximum absolute atomic E-state index is 11.3. The zero-order valence-corrected chi connectivity index (χ0v) is 12.7. The van der Waals surface area contributed by atoms with E-state index in [0.717, 1.165) is 29.4 Å². The molecule has 0 unspecified atom stereocenters. The molecule has 0 radical (unpaired) electrons. The molecule has 1 saturated heterocycles. The lowest BCUT2D eigenvalue weighted by molar-refractivity contribution is 0.0696. The van der Waals surface area contributed by atoms with Crippen LogP contribution in [0.15, 0.2) is 18.3 Å². The van der Waals surface area contributed by atoms with Crippen LogP contribution in [0.5, 0.6) is 0 Å². The Morgan fingerprint density at radius 3 is 2.67 bits per heavy atom. The third-order valence-corrected chi connectivity index (χ3v) is 4.54. The predicted molar refractivity (Wildman–Crippen MR) is 84.0 cm³/mol. The number of fused-ring (bicyclic) bond motifs is 1. The van der Waals surface area contributed by atoms with E-state index in [1.54, 1.807) is 0 Å². The highest BCUT2D eigenvalue weighted by molar-refractivity contribution is 5.96. The summed E-state index contributed by atoms with van der Waals surface area (Å²) in [5.74, 6) is -0.844. The fourth-order valence-electron chi connectivity index (χ4n) is 3.33. The molecule has 0 aliphatic carbocycles. The zero-order valence-electron chi connectivity index (χ0n) is 12.7. The summed E-state index contributed by atoms with van der Waals surface area (Å²) in [5, 5.41) is 10.4. The van der Waals surface area contributed by atoms with E-state index in [9.17, 15) is 9.90 Å². The Morgan fingerprint density at radius 1 is 1.29 bits per heavy atom. The first kappa shape index (κ1) is 14.1. The predicted octanol–water partition coefficient (Wildman–Crippen LogP) is 2.82. The van der Waals surface area contributed by atoms with Crippen molar-refractivity contribution in [3.63, 3.8) is 0 Å². The number of rotatable bonds is 4. The second-order valence-corrected chi connectivity index (χ2v) is 6.05. The second kappa shape index (κ2) is 5.53. The lowest BCUT2D eigenvalue weighted by Gasteiger charge is -2.13. The molecule has 3 rings (SSSR count). The Hall–Kier alpha value is -1.81. The van der Waals surface area contributed by atoms with Crippen molar-refractivity contribution in [3.8, 4) is 0 Å². The van der Waals surface area contributed by atoms with E-state index < -0.39 is 5.97 Å². The van der Waals surface area contributed by atoms with E-state index in [2.05, 4.69) is 15.7 Å². The molecule has 2 heterocycles. The van der Waals surface area contributed by atoms with Crippen LogP contribution in [0.2, 0.25) is 0 Å². The first-order valence-electron chi connectivity index (χ1n) is 7.60. The molecule has 0 atom stereocenters. The number of hydrogen-bond donors (Lipinski definition) is 1. The van der Waals surface area contributed by atoms with Crippen LogP contribution >= 0.6 is 0 Å². The smallest absolute Gasteiger partial charge is 0.335 e. The van der Waals surface area contributed by atoms with Gasteiger partial charge in [-0.25, -0.2) is 4.79 Å². The molecular formula is C17H22N2O2. The summed E-state index contributed by atoms with van der Waals surface area (Å²) in [6.45, 7) is 5.32. The maximum Gasteiger partial charge on any atom is 0.335 e. The maximum atomic E-state index is 11.3. The Bertz CT molecular complexity index is 682. The van der Waals surface area contributed by atoms with Gasteiger partial charge in [0.15, 0.2) is 0 Å². The third-order valence-electron chi connectivity index (χ3n) is 4.54. The molecule has 112 valence electrons. The molecular weight excluding hydrogens is 264 g/mol. The van der Waals surface area contributed by atoms with Crippen molar-refractivity contribution >= 4 is 16.9 Å². The number of aromatic carboxylic acids is 1. The van der Waals surface area contributed by atoms with Gasteiger partial charge in [-0.3, -0.25) is 0 Å². The molecule has 0 spiro atoms. The summed E-state index contributed by atoms with van der Waals surface area (Å²) in [4.78, 5) is 13.8. The highest BCUT2D eigenvalue weighted by Crippen LogP contribution is 2.25. The van der Waals surface area contributed by atoms with Crippen LogP contribution in [-0.2, 0) is 13.5 Å². The number of carboxylic acid groups (broad SMARTS) is 1. The Labute approximate surface area is 125 Å². The van der Waals surface area contributed by atoms with E-state index in [1.807, 2.05) is 26.1 Å². The van der Waals surface area contributed by atoms with Crippen molar-refractivity contribution in [2.75, 3.05) is 19.6 Å². The van der Waals surface area contributed by atoms with Crippen LogP contribution in [0.25, 0.3) is 10.9 Å². The summed E-state index contributed by atoms with van der Waals surface area (Å²) in [5.41, 5.74) is 3.61. The zero-order chi connectivity index (χ0) is 15.0. The molecule has 4 heteroatoms. The molecule has 1 N–H and O–H groups in total. The number of nitrogens with zero attached hydrogens (tertiary/aromatic N) is 2. The lowest BCUT2D eigenvalue weighted by Crippen LogP contribution is -2.21. The fraction of sp³-hybridized carbons (Fsp3) is 0.471. The van der Waals surface area contributed by atoms with Crippen LogP contribution < -0.4 is 0 Å². The minimum absolute atomic E-state index is 0.413. The van der Waals surface area contributed by atoms with Gasteiger partial charge in [0.25, 0.3) is 0 Å². The number of benzene rings is 1. The van der Waals surface area contributed by atoms with Gasteiger partial charge in [-0.1, -0.05) is 0 Å². The summed E-state index contributed by atoms with van der Waals surface area (Å²) in [7, 11) is 2.03. The topological polar surface area (TPSA) is 45.5 Å². The Balaban J connectivity index is 1.94. The minimum atomic E-state index is -0.844. The van der Waals surface area contributed by atoms with Crippen molar-refractivity contribution in [2.45, 2.75) is 26.2 Å². The normalized spacial score (nSPS) is 15.9. The third kappa shape index (κ3) is 2.68. The Morgan fingerprint density at radius 2 is 2.00 bits per heavy atom.